The summed E-state index contributed by atoms with van der Waals surface area (Å²) in [5, 5.41) is 23.2. The normalized spacial score (nSPS) is 14.7. The number of rotatable bonds is 6. The molecule has 0 bridgehead atoms. The van der Waals surface area contributed by atoms with E-state index >= 15 is 0 Å². The van der Waals surface area contributed by atoms with Crippen molar-refractivity contribution >= 4 is 29.0 Å². The number of hydrogen-bond donors (Lipinski definition) is 2. The third-order valence-electron chi connectivity index (χ3n) is 4.27. The van der Waals surface area contributed by atoms with Crippen molar-refractivity contribution in [2.75, 3.05) is 11.9 Å². The maximum absolute atomic E-state index is 9.83. The summed E-state index contributed by atoms with van der Waals surface area (Å²) in [6, 6.07) is 12.3. The Morgan fingerprint density at radius 1 is 1.31 bits per heavy atom. The molecule has 29 heavy (non-hydrogen) atoms. The van der Waals surface area contributed by atoms with Gasteiger partial charge >= 0.3 is 0 Å². The molecule has 1 aliphatic rings. The first-order chi connectivity index (χ1) is 14.2. The zero-order chi connectivity index (χ0) is 20.1. The second kappa shape index (κ2) is 8.58. The molecule has 2 N–H and O–H groups in total. The Hall–Kier alpha value is -3.64. The Balaban J connectivity index is 1.53. The van der Waals surface area contributed by atoms with Crippen LogP contribution in [0.1, 0.15) is 16.8 Å². The molecule has 0 atom stereocenters. The summed E-state index contributed by atoms with van der Waals surface area (Å²) >= 11 is 1.49. The molecule has 144 valence electrons. The third-order valence-corrected chi connectivity index (χ3v) is 5.16. The summed E-state index contributed by atoms with van der Waals surface area (Å²) in [5.74, 6) is 0.471. The first-order valence-electron chi connectivity index (χ1n) is 8.98. The smallest absolute Gasteiger partial charge is 0.223 e. The molecule has 2 aromatic heterocycles. The summed E-state index contributed by atoms with van der Waals surface area (Å²) in [6.45, 7) is 3.13. The van der Waals surface area contributed by atoms with Crippen molar-refractivity contribution in [1.29, 1.82) is 5.26 Å². The van der Waals surface area contributed by atoms with Crippen LogP contribution in [0.2, 0.25) is 0 Å². The Labute approximate surface area is 172 Å². The van der Waals surface area contributed by atoms with Crippen molar-refractivity contribution in [2.45, 2.75) is 13.5 Å². The molecule has 1 aromatic carbocycles. The zero-order valence-corrected chi connectivity index (χ0v) is 16.5. The molecule has 9 heteroatoms. The van der Waals surface area contributed by atoms with Crippen LogP contribution in [0.5, 0.6) is 0 Å². The first kappa shape index (κ1) is 18.7. The van der Waals surface area contributed by atoms with E-state index in [-0.39, 0.29) is 0 Å². The average molecular weight is 402 g/mol. The second-order valence-corrected chi connectivity index (χ2v) is 7.15. The van der Waals surface area contributed by atoms with E-state index in [2.05, 4.69) is 36.8 Å². The van der Waals surface area contributed by atoms with Crippen molar-refractivity contribution in [3.63, 3.8) is 0 Å². The quantitative estimate of drug-likeness (QED) is 0.606. The summed E-state index contributed by atoms with van der Waals surface area (Å²) in [6.07, 6.45) is 4.88. The van der Waals surface area contributed by atoms with Gasteiger partial charge in [-0.25, -0.2) is 15.0 Å². The largest absolute Gasteiger partial charge is 0.352 e. The Morgan fingerprint density at radius 2 is 2.17 bits per heavy atom. The summed E-state index contributed by atoms with van der Waals surface area (Å²) in [4.78, 5) is 12.8. The van der Waals surface area contributed by atoms with Gasteiger partial charge in [0, 0.05) is 18.1 Å². The highest BCUT2D eigenvalue weighted by Gasteiger charge is 2.20. The van der Waals surface area contributed by atoms with Crippen LogP contribution in [0.15, 0.2) is 59.6 Å². The van der Waals surface area contributed by atoms with E-state index in [4.69, 9.17) is 0 Å². The Morgan fingerprint density at radius 3 is 2.93 bits per heavy atom. The number of benzene rings is 1. The predicted octanol–water partition coefficient (Wildman–Crippen LogP) is 3.02. The van der Waals surface area contributed by atoms with Gasteiger partial charge in [0.1, 0.15) is 24.3 Å². The molecule has 8 nitrogen and oxygen atoms in total. The third kappa shape index (κ3) is 4.28. The van der Waals surface area contributed by atoms with Crippen LogP contribution >= 0.6 is 11.8 Å². The molecule has 0 aliphatic carbocycles. The topological polar surface area (TPSA) is 104 Å². The standard InChI is InChI=1S/C20H18N8S/c1-14-10-24-20(23-7-8-28-13-22-12-25-28)27-18(14)16(9-21)19-26-17(11-29-19)15-5-3-2-4-6-15/h2-6,10-13,26H,7-8H2,1H3,(H,23,24,27)/b19-16-. The molecule has 0 radical (unpaired) electrons. The van der Waals surface area contributed by atoms with Crippen LogP contribution in [0.25, 0.3) is 11.3 Å². The van der Waals surface area contributed by atoms with Gasteiger partial charge in [-0.2, -0.15) is 10.4 Å². The molecule has 0 saturated heterocycles. The monoisotopic (exact) mass is 402 g/mol. The lowest BCUT2D eigenvalue weighted by Gasteiger charge is -2.11. The molecule has 3 heterocycles. The molecule has 0 amide bonds. The molecular formula is C20H18N8S. The van der Waals surface area contributed by atoms with Crippen molar-refractivity contribution in [3.05, 3.63) is 76.4 Å². The van der Waals surface area contributed by atoms with Crippen molar-refractivity contribution in [1.82, 2.24) is 30.0 Å². The summed E-state index contributed by atoms with van der Waals surface area (Å²) in [7, 11) is 0. The van der Waals surface area contributed by atoms with Gasteiger partial charge in [0.05, 0.1) is 23.0 Å². The predicted molar refractivity (Wildman–Crippen MR) is 113 cm³/mol. The van der Waals surface area contributed by atoms with Crippen LogP contribution in [0.4, 0.5) is 5.95 Å². The first-order valence-corrected chi connectivity index (χ1v) is 9.86. The fraction of sp³-hybridized carbons (Fsp3) is 0.150. The van der Waals surface area contributed by atoms with Crippen LogP contribution in [-0.2, 0) is 6.54 Å². The molecule has 1 aliphatic heterocycles. The number of nitrogens with one attached hydrogen (secondary N) is 2. The van der Waals surface area contributed by atoms with Crippen LogP contribution < -0.4 is 10.6 Å². The molecular weight excluding hydrogens is 384 g/mol. The number of aryl methyl sites for hydroxylation is 1. The lowest BCUT2D eigenvalue weighted by Crippen LogP contribution is -2.14. The fourth-order valence-electron chi connectivity index (χ4n) is 2.80. The molecule has 0 saturated carbocycles. The van der Waals surface area contributed by atoms with E-state index < -0.39 is 0 Å². The van der Waals surface area contributed by atoms with Gasteiger partial charge in [-0.1, -0.05) is 42.1 Å². The number of nitriles is 1. The van der Waals surface area contributed by atoms with Crippen LogP contribution in [0.3, 0.4) is 0 Å². The van der Waals surface area contributed by atoms with E-state index in [1.54, 1.807) is 17.2 Å². The zero-order valence-electron chi connectivity index (χ0n) is 15.7. The number of thioether (sulfide) groups is 1. The Bertz CT molecular complexity index is 1100. The summed E-state index contributed by atoms with van der Waals surface area (Å²) in [5.41, 5.74) is 3.99. The maximum atomic E-state index is 9.83. The van der Waals surface area contributed by atoms with Crippen molar-refractivity contribution in [3.8, 4) is 6.07 Å². The van der Waals surface area contributed by atoms with Crippen molar-refractivity contribution in [2.24, 2.45) is 0 Å². The van der Waals surface area contributed by atoms with Crippen molar-refractivity contribution < 1.29 is 0 Å². The molecule has 4 rings (SSSR count). The number of aromatic nitrogens is 5. The van der Waals surface area contributed by atoms with E-state index in [9.17, 15) is 5.26 Å². The van der Waals surface area contributed by atoms with Gasteiger partial charge in [0.25, 0.3) is 0 Å². The molecule has 0 fully saturated rings. The minimum Gasteiger partial charge on any atom is -0.352 e. The van der Waals surface area contributed by atoms with E-state index in [0.29, 0.717) is 30.3 Å². The van der Waals surface area contributed by atoms with Gasteiger partial charge < -0.3 is 10.6 Å². The highest BCUT2D eigenvalue weighted by atomic mass is 32.2. The van der Waals surface area contributed by atoms with Gasteiger partial charge in [-0.3, -0.25) is 4.68 Å². The van der Waals surface area contributed by atoms with Gasteiger partial charge in [0.2, 0.25) is 5.95 Å². The van der Waals surface area contributed by atoms with E-state index in [0.717, 1.165) is 21.9 Å². The van der Waals surface area contributed by atoms with E-state index in [1.165, 1.54) is 18.1 Å². The fourth-order valence-corrected chi connectivity index (χ4v) is 3.66. The van der Waals surface area contributed by atoms with Gasteiger partial charge in [-0.15, -0.1) is 0 Å². The lowest BCUT2D eigenvalue weighted by atomic mass is 10.1. The second-order valence-electron chi connectivity index (χ2n) is 6.27. The highest BCUT2D eigenvalue weighted by molar-refractivity contribution is 8.06. The number of hydrogen-bond acceptors (Lipinski definition) is 8. The summed E-state index contributed by atoms with van der Waals surface area (Å²) < 4.78 is 1.72. The van der Waals surface area contributed by atoms with Crippen LogP contribution in [0, 0.1) is 18.3 Å². The number of nitrogens with zero attached hydrogens (tertiary/aromatic N) is 6. The minimum absolute atomic E-state index is 0.471. The van der Waals surface area contributed by atoms with Gasteiger partial charge in [0.15, 0.2) is 0 Å². The van der Waals surface area contributed by atoms with Crippen LogP contribution in [-0.4, -0.2) is 31.3 Å². The van der Waals surface area contributed by atoms with E-state index in [1.807, 2.05) is 42.7 Å². The molecule has 3 aromatic rings. The average Bonchev–Trinajstić information content (AvgIpc) is 3.44. The minimum atomic E-state index is 0.471. The Kier molecular flexibility index (Phi) is 5.54. The highest BCUT2D eigenvalue weighted by Crippen LogP contribution is 2.35. The maximum Gasteiger partial charge on any atom is 0.223 e. The molecule has 0 spiro atoms. The lowest BCUT2D eigenvalue weighted by molar-refractivity contribution is 0.634. The SMILES string of the molecule is Cc1cnc(NCCn2cncn2)nc1/C(C#N)=C1/NC(c2ccccc2)=CS1. The van der Waals surface area contributed by atoms with Gasteiger partial charge in [-0.05, 0) is 18.1 Å². The molecule has 0 unspecified atom stereocenters. The number of anilines is 1. The number of allylic oxidation sites excluding steroid dienone is 1.